The topological polar surface area (TPSA) is 41.6 Å². The molecule has 1 fully saturated rings. The second kappa shape index (κ2) is 10.1. The Labute approximate surface area is 156 Å². The Kier molecular flexibility index (Phi) is 7.23. The van der Waals surface area contributed by atoms with Crippen molar-refractivity contribution in [1.29, 1.82) is 0 Å². The number of ether oxygens (including phenoxy) is 1. The smallest absolute Gasteiger partial charge is 0.220 e. The Morgan fingerprint density at radius 2 is 1.81 bits per heavy atom. The normalized spacial score (nSPS) is 17.8. The molecule has 2 aromatic rings. The van der Waals surface area contributed by atoms with E-state index in [1.54, 1.807) is 0 Å². The van der Waals surface area contributed by atoms with Crippen LogP contribution in [0.15, 0.2) is 60.7 Å². The minimum absolute atomic E-state index is 0.137. The maximum atomic E-state index is 12.0. The molecular formula is C22H28N2O2. The first-order chi connectivity index (χ1) is 12.8. The molecule has 3 rings (SSSR count). The van der Waals surface area contributed by atoms with Crippen LogP contribution in [0, 0.1) is 0 Å². The summed E-state index contributed by atoms with van der Waals surface area (Å²) in [5.74, 6) is 0.137. The van der Waals surface area contributed by atoms with Crippen LogP contribution in [0.4, 0.5) is 0 Å². The lowest BCUT2D eigenvalue weighted by Crippen LogP contribution is -2.39. The van der Waals surface area contributed by atoms with Gasteiger partial charge in [-0.2, -0.15) is 0 Å². The van der Waals surface area contributed by atoms with Crippen LogP contribution in [0.5, 0.6) is 0 Å². The van der Waals surface area contributed by atoms with Crippen molar-refractivity contribution in [1.82, 2.24) is 10.2 Å². The van der Waals surface area contributed by atoms with E-state index in [2.05, 4.69) is 46.6 Å². The fraction of sp³-hybridized carbons (Fsp3) is 0.409. The molecule has 1 aliphatic rings. The van der Waals surface area contributed by atoms with Crippen LogP contribution in [-0.4, -0.2) is 43.6 Å². The predicted molar refractivity (Wildman–Crippen MR) is 104 cm³/mol. The molecular weight excluding hydrogens is 324 g/mol. The van der Waals surface area contributed by atoms with Crippen molar-refractivity contribution in [3.8, 4) is 0 Å². The van der Waals surface area contributed by atoms with Crippen LogP contribution in [0.2, 0.25) is 0 Å². The van der Waals surface area contributed by atoms with E-state index >= 15 is 0 Å². The summed E-state index contributed by atoms with van der Waals surface area (Å²) in [5, 5.41) is 3.04. The molecule has 4 nitrogen and oxygen atoms in total. The van der Waals surface area contributed by atoms with E-state index < -0.39 is 0 Å². The molecule has 4 heteroatoms. The third-order valence-electron chi connectivity index (χ3n) is 4.78. The summed E-state index contributed by atoms with van der Waals surface area (Å²) in [7, 11) is 0. The molecule has 0 unspecified atom stereocenters. The van der Waals surface area contributed by atoms with E-state index in [1.807, 2.05) is 24.3 Å². The first kappa shape index (κ1) is 18.6. The highest BCUT2D eigenvalue weighted by atomic mass is 16.5. The molecule has 1 saturated heterocycles. The molecule has 1 N–H and O–H groups in total. The van der Waals surface area contributed by atoms with Gasteiger partial charge in [0, 0.05) is 32.6 Å². The summed E-state index contributed by atoms with van der Waals surface area (Å²) in [4.78, 5) is 14.4. The molecule has 2 aromatic carbocycles. The number of hydrogen-bond donors (Lipinski definition) is 1. The van der Waals surface area contributed by atoms with Gasteiger partial charge in [-0.3, -0.25) is 9.69 Å². The number of amides is 1. The van der Waals surface area contributed by atoms with Crippen molar-refractivity contribution in [3.63, 3.8) is 0 Å². The zero-order chi connectivity index (χ0) is 18.0. The molecule has 0 saturated carbocycles. The first-order valence-electron chi connectivity index (χ1n) is 9.51. The van der Waals surface area contributed by atoms with Gasteiger partial charge in [0.1, 0.15) is 0 Å². The highest BCUT2D eigenvalue weighted by Crippen LogP contribution is 2.21. The van der Waals surface area contributed by atoms with Gasteiger partial charge in [0.25, 0.3) is 0 Å². The fourth-order valence-corrected chi connectivity index (χ4v) is 3.30. The first-order valence-corrected chi connectivity index (χ1v) is 9.51. The van der Waals surface area contributed by atoms with Gasteiger partial charge in [0.05, 0.1) is 12.7 Å². The highest BCUT2D eigenvalue weighted by Gasteiger charge is 2.21. The van der Waals surface area contributed by atoms with E-state index in [0.717, 1.165) is 45.6 Å². The largest absolute Gasteiger partial charge is 0.371 e. The monoisotopic (exact) mass is 352 g/mol. The molecule has 0 aromatic heterocycles. The van der Waals surface area contributed by atoms with Gasteiger partial charge >= 0.3 is 0 Å². The predicted octanol–water partition coefficient (Wildman–Crippen LogP) is 3.20. The maximum Gasteiger partial charge on any atom is 0.220 e. The summed E-state index contributed by atoms with van der Waals surface area (Å²) in [5.41, 5.74) is 2.45. The van der Waals surface area contributed by atoms with Crippen molar-refractivity contribution in [2.45, 2.75) is 25.4 Å². The SMILES string of the molecule is O=C(CCc1ccccc1)NCCCN1CCO[C@@H](c2ccccc2)C1. The standard InChI is InChI=1S/C22H28N2O2/c25-22(13-12-19-8-3-1-4-9-19)23-14-7-15-24-16-17-26-21(18-24)20-10-5-2-6-11-20/h1-6,8-11,21H,7,12-18H2,(H,23,25)/t21-/m1/s1. The average molecular weight is 352 g/mol. The minimum Gasteiger partial charge on any atom is -0.371 e. The third kappa shape index (κ3) is 5.97. The van der Waals surface area contributed by atoms with Crippen molar-refractivity contribution in [3.05, 3.63) is 71.8 Å². The van der Waals surface area contributed by atoms with E-state index in [4.69, 9.17) is 4.74 Å². The van der Waals surface area contributed by atoms with Crippen molar-refractivity contribution in [2.24, 2.45) is 0 Å². The van der Waals surface area contributed by atoms with Gasteiger partial charge in [-0.1, -0.05) is 60.7 Å². The summed E-state index contributed by atoms with van der Waals surface area (Å²) >= 11 is 0. The Morgan fingerprint density at radius 3 is 2.58 bits per heavy atom. The van der Waals surface area contributed by atoms with E-state index in [9.17, 15) is 4.79 Å². The maximum absolute atomic E-state index is 12.0. The number of carbonyl (C=O) groups is 1. The Bertz CT molecular complexity index is 660. The summed E-state index contributed by atoms with van der Waals surface area (Å²) < 4.78 is 5.90. The molecule has 0 radical (unpaired) electrons. The zero-order valence-electron chi connectivity index (χ0n) is 15.3. The Morgan fingerprint density at radius 1 is 1.08 bits per heavy atom. The molecule has 1 heterocycles. The second-order valence-corrected chi connectivity index (χ2v) is 6.76. The van der Waals surface area contributed by atoms with Gasteiger partial charge in [0.15, 0.2) is 0 Å². The molecule has 0 spiro atoms. The Balaban J connectivity index is 1.31. The molecule has 138 valence electrons. The van der Waals surface area contributed by atoms with Crippen LogP contribution in [0.1, 0.15) is 30.1 Å². The fourth-order valence-electron chi connectivity index (χ4n) is 3.30. The van der Waals surface area contributed by atoms with Crippen LogP contribution in [0.3, 0.4) is 0 Å². The van der Waals surface area contributed by atoms with Crippen LogP contribution in [-0.2, 0) is 16.0 Å². The number of aryl methyl sites for hydroxylation is 1. The van der Waals surface area contributed by atoms with Crippen LogP contribution < -0.4 is 5.32 Å². The molecule has 0 aliphatic carbocycles. The lowest BCUT2D eigenvalue weighted by atomic mass is 10.1. The lowest BCUT2D eigenvalue weighted by Gasteiger charge is -2.33. The molecule has 0 bridgehead atoms. The van der Waals surface area contributed by atoms with E-state index in [0.29, 0.717) is 6.42 Å². The highest BCUT2D eigenvalue weighted by molar-refractivity contribution is 5.76. The van der Waals surface area contributed by atoms with E-state index in [1.165, 1.54) is 11.1 Å². The quantitative estimate of drug-likeness (QED) is 0.742. The Hall–Kier alpha value is -2.17. The van der Waals surface area contributed by atoms with Gasteiger partial charge in [-0.05, 0) is 24.0 Å². The lowest BCUT2D eigenvalue weighted by molar-refractivity contribution is -0.121. The number of hydrogen-bond acceptors (Lipinski definition) is 3. The van der Waals surface area contributed by atoms with Crippen molar-refractivity contribution < 1.29 is 9.53 Å². The number of rotatable bonds is 8. The number of benzene rings is 2. The van der Waals surface area contributed by atoms with E-state index in [-0.39, 0.29) is 12.0 Å². The number of nitrogens with zero attached hydrogens (tertiary/aromatic N) is 1. The van der Waals surface area contributed by atoms with Gasteiger partial charge in [0.2, 0.25) is 5.91 Å². The molecule has 1 aliphatic heterocycles. The van der Waals surface area contributed by atoms with Gasteiger partial charge in [-0.25, -0.2) is 0 Å². The van der Waals surface area contributed by atoms with Gasteiger partial charge in [-0.15, -0.1) is 0 Å². The van der Waals surface area contributed by atoms with Gasteiger partial charge < -0.3 is 10.1 Å². The summed E-state index contributed by atoms with van der Waals surface area (Å²) in [6.45, 7) is 4.38. The van der Waals surface area contributed by atoms with Crippen LogP contribution in [0.25, 0.3) is 0 Å². The number of morpholine rings is 1. The third-order valence-corrected chi connectivity index (χ3v) is 4.78. The zero-order valence-corrected chi connectivity index (χ0v) is 15.3. The molecule has 1 atom stereocenters. The molecule has 1 amide bonds. The van der Waals surface area contributed by atoms with Crippen LogP contribution >= 0.6 is 0 Å². The second-order valence-electron chi connectivity index (χ2n) is 6.76. The average Bonchev–Trinajstić information content (AvgIpc) is 2.71. The minimum atomic E-state index is 0.137. The summed E-state index contributed by atoms with van der Waals surface area (Å²) in [6.07, 6.45) is 2.48. The van der Waals surface area contributed by atoms with Crippen molar-refractivity contribution in [2.75, 3.05) is 32.8 Å². The number of carbonyl (C=O) groups excluding carboxylic acids is 1. The van der Waals surface area contributed by atoms with Crippen molar-refractivity contribution >= 4 is 5.91 Å². The number of nitrogens with one attached hydrogen (secondary N) is 1. The molecule has 26 heavy (non-hydrogen) atoms. The summed E-state index contributed by atoms with van der Waals surface area (Å²) in [6, 6.07) is 20.6.